The lowest BCUT2D eigenvalue weighted by atomic mass is 9.87. The Morgan fingerprint density at radius 2 is 1.76 bits per heavy atom. The number of nitrogens with zero attached hydrogens (tertiary/aromatic N) is 2. The highest BCUT2D eigenvalue weighted by molar-refractivity contribution is 5.35. The molecule has 1 aliphatic heterocycles. The molecular weight excluding hydrogens is 353 g/mol. The van der Waals surface area contributed by atoms with E-state index in [1.165, 1.54) is 0 Å². The first-order valence-corrected chi connectivity index (χ1v) is 7.48. The predicted molar refractivity (Wildman–Crippen MR) is 76.0 cm³/mol. The average Bonchev–Trinajstić information content (AvgIpc) is 2.51. The van der Waals surface area contributed by atoms with Crippen molar-refractivity contribution in [1.29, 1.82) is 0 Å². The zero-order valence-corrected chi connectivity index (χ0v) is 13.3. The Hall–Kier alpha value is -1.59. The van der Waals surface area contributed by atoms with Crippen LogP contribution < -0.4 is 5.32 Å². The van der Waals surface area contributed by atoms with E-state index in [4.69, 9.17) is 4.74 Å². The predicted octanol–water partition coefficient (Wildman–Crippen LogP) is 1.69. The van der Waals surface area contributed by atoms with Crippen LogP contribution in [0, 0.1) is 5.92 Å². The number of nitrogens with one attached hydrogen (secondary N) is 1. The van der Waals surface area contributed by atoms with E-state index in [0.717, 1.165) is 6.20 Å². The number of alkyl halides is 5. The summed E-state index contributed by atoms with van der Waals surface area (Å²) in [5.74, 6) is -0.699. The standard InChI is InChI=1S/C14H18F5N3O3/c1-5(2)11-8(9(23)10(24)12(25-11)13(15)16)22-7-4-20-3-6(21-7)14(17,18)19/h3-5,8-13,23-24H,1-2H3,(H,21,22)/t8-,9-,10-,11?,12+/m1/s1. The van der Waals surface area contributed by atoms with Crippen molar-refractivity contribution in [1.82, 2.24) is 9.97 Å². The quantitative estimate of drug-likeness (QED) is 0.699. The highest BCUT2D eigenvalue weighted by Gasteiger charge is 2.49. The van der Waals surface area contributed by atoms with E-state index in [0.29, 0.717) is 6.20 Å². The van der Waals surface area contributed by atoms with Crippen molar-refractivity contribution >= 4 is 5.82 Å². The van der Waals surface area contributed by atoms with Crippen molar-refractivity contribution in [3.05, 3.63) is 18.1 Å². The molecule has 0 radical (unpaired) electrons. The van der Waals surface area contributed by atoms with Gasteiger partial charge in [-0.25, -0.2) is 13.8 Å². The molecule has 0 spiro atoms. The normalized spacial score (nSPS) is 30.8. The third-order valence-corrected chi connectivity index (χ3v) is 3.87. The molecule has 0 saturated carbocycles. The summed E-state index contributed by atoms with van der Waals surface area (Å²) in [6.07, 6.45) is -12.7. The SMILES string of the molecule is CC(C)C1O[C@H](C(F)F)[C@H](O)[C@H](O)[C@H]1Nc1cncc(C(F)(F)F)n1. The molecule has 3 N–H and O–H groups in total. The van der Waals surface area contributed by atoms with Gasteiger partial charge in [-0.2, -0.15) is 13.2 Å². The summed E-state index contributed by atoms with van der Waals surface area (Å²) < 4.78 is 69.2. The highest BCUT2D eigenvalue weighted by atomic mass is 19.4. The van der Waals surface area contributed by atoms with Gasteiger partial charge in [0.05, 0.1) is 24.5 Å². The number of aromatic nitrogens is 2. The second-order valence-electron chi connectivity index (χ2n) is 6.08. The molecule has 11 heteroatoms. The number of ether oxygens (including phenoxy) is 1. The van der Waals surface area contributed by atoms with Gasteiger partial charge in [-0.15, -0.1) is 0 Å². The fourth-order valence-corrected chi connectivity index (χ4v) is 2.64. The number of anilines is 1. The Balaban J connectivity index is 2.27. The summed E-state index contributed by atoms with van der Waals surface area (Å²) in [7, 11) is 0. The van der Waals surface area contributed by atoms with Crippen LogP contribution in [0.3, 0.4) is 0 Å². The third-order valence-electron chi connectivity index (χ3n) is 3.87. The molecule has 1 unspecified atom stereocenters. The van der Waals surface area contributed by atoms with Crippen molar-refractivity contribution in [3.8, 4) is 0 Å². The van der Waals surface area contributed by atoms with Crippen LogP contribution in [0.5, 0.6) is 0 Å². The average molecular weight is 371 g/mol. The Labute approximate surface area is 140 Å². The first-order valence-electron chi connectivity index (χ1n) is 7.48. The lowest BCUT2D eigenvalue weighted by Gasteiger charge is -2.44. The number of aliphatic hydroxyl groups excluding tert-OH is 2. The summed E-state index contributed by atoms with van der Waals surface area (Å²) in [5.41, 5.74) is -1.25. The Bertz CT molecular complexity index is 587. The van der Waals surface area contributed by atoms with Crippen LogP contribution >= 0.6 is 0 Å². The van der Waals surface area contributed by atoms with E-state index in [1.54, 1.807) is 13.8 Å². The van der Waals surface area contributed by atoms with Gasteiger partial charge in [-0.1, -0.05) is 13.8 Å². The number of hydrogen-bond donors (Lipinski definition) is 3. The highest BCUT2D eigenvalue weighted by Crippen LogP contribution is 2.31. The van der Waals surface area contributed by atoms with Gasteiger partial charge in [0, 0.05) is 0 Å². The molecule has 1 fully saturated rings. The minimum Gasteiger partial charge on any atom is -0.388 e. The fraction of sp³-hybridized carbons (Fsp3) is 0.714. The molecule has 0 aliphatic carbocycles. The lowest BCUT2D eigenvalue weighted by molar-refractivity contribution is -0.220. The second kappa shape index (κ2) is 7.34. The van der Waals surface area contributed by atoms with E-state index in [9.17, 15) is 32.2 Å². The first-order chi connectivity index (χ1) is 11.5. The molecule has 6 nitrogen and oxygen atoms in total. The topological polar surface area (TPSA) is 87.5 Å². The van der Waals surface area contributed by atoms with Crippen LogP contribution in [0.4, 0.5) is 27.8 Å². The molecule has 5 atom stereocenters. The molecule has 2 rings (SSSR count). The molecule has 1 aromatic rings. The second-order valence-corrected chi connectivity index (χ2v) is 6.08. The monoisotopic (exact) mass is 371 g/mol. The molecule has 1 saturated heterocycles. The molecule has 0 aromatic carbocycles. The zero-order chi connectivity index (χ0) is 18.9. The van der Waals surface area contributed by atoms with Crippen molar-refractivity contribution < 1.29 is 36.9 Å². The van der Waals surface area contributed by atoms with Crippen molar-refractivity contribution in [2.24, 2.45) is 5.92 Å². The van der Waals surface area contributed by atoms with Gasteiger partial charge in [0.15, 0.2) is 5.69 Å². The van der Waals surface area contributed by atoms with Crippen LogP contribution in [-0.2, 0) is 10.9 Å². The maximum atomic E-state index is 13.0. The van der Waals surface area contributed by atoms with Crippen LogP contribution in [0.1, 0.15) is 19.5 Å². The molecular formula is C14H18F5N3O3. The minimum atomic E-state index is -4.72. The largest absolute Gasteiger partial charge is 0.434 e. The summed E-state index contributed by atoms with van der Waals surface area (Å²) in [4.78, 5) is 6.77. The maximum Gasteiger partial charge on any atom is 0.434 e. The minimum absolute atomic E-state index is 0.323. The third kappa shape index (κ3) is 4.33. The number of hydrogen-bond acceptors (Lipinski definition) is 6. The van der Waals surface area contributed by atoms with Crippen molar-refractivity contribution in [3.63, 3.8) is 0 Å². The van der Waals surface area contributed by atoms with Crippen molar-refractivity contribution in [2.75, 3.05) is 5.32 Å². The number of rotatable bonds is 4. The van der Waals surface area contributed by atoms with Crippen molar-refractivity contribution in [2.45, 2.75) is 56.9 Å². The first kappa shape index (κ1) is 19.7. The van der Waals surface area contributed by atoms with E-state index >= 15 is 0 Å². The molecule has 142 valence electrons. The van der Waals surface area contributed by atoms with Crippen LogP contribution in [0.15, 0.2) is 12.4 Å². The van der Waals surface area contributed by atoms with Crippen LogP contribution in [0.25, 0.3) is 0 Å². The Kier molecular flexibility index (Phi) is 5.79. The molecule has 1 aromatic heterocycles. The van der Waals surface area contributed by atoms with E-state index in [-0.39, 0.29) is 11.7 Å². The van der Waals surface area contributed by atoms with Gasteiger partial charge in [0.2, 0.25) is 0 Å². The van der Waals surface area contributed by atoms with Crippen LogP contribution in [0.2, 0.25) is 0 Å². The van der Waals surface area contributed by atoms with Gasteiger partial charge in [0.25, 0.3) is 6.43 Å². The smallest absolute Gasteiger partial charge is 0.388 e. The summed E-state index contributed by atoms with van der Waals surface area (Å²) >= 11 is 0. The fourth-order valence-electron chi connectivity index (χ4n) is 2.64. The van der Waals surface area contributed by atoms with Gasteiger partial charge in [-0.05, 0) is 5.92 Å². The van der Waals surface area contributed by atoms with Gasteiger partial charge in [-0.3, -0.25) is 4.98 Å². The molecule has 2 heterocycles. The maximum absolute atomic E-state index is 13.0. The lowest BCUT2D eigenvalue weighted by Crippen LogP contribution is -2.63. The molecule has 0 amide bonds. The van der Waals surface area contributed by atoms with Gasteiger partial charge < -0.3 is 20.3 Å². The molecule has 1 aliphatic rings. The summed E-state index contributed by atoms with van der Waals surface area (Å²) in [6.45, 7) is 3.26. The van der Waals surface area contributed by atoms with E-state index in [1.807, 2.05) is 0 Å². The molecule has 0 bridgehead atoms. The van der Waals surface area contributed by atoms with Gasteiger partial charge in [0.1, 0.15) is 24.1 Å². The summed E-state index contributed by atoms with van der Waals surface area (Å²) in [6, 6.07) is -1.15. The zero-order valence-electron chi connectivity index (χ0n) is 13.3. The van der Waals surface area contributed by atoms with Crippen LogP contribution in [-0.4, -0.2) is 57.1 Å². The van der Waals surface area contributed by atoms with E-state index < -0.39 is 48.8 Å². The Morgan fingerprint density at radius 1 is 1.12 bits per heavy atom. The van der Waals surface area contributed by atoms with Gasteiger partial charge >= 0.3 is 6.18 Å². The number of halogens is 5. The summed E-state index contributed by atoms with van der Waals surface area (Å²) in [5, 5.41) is 22.5. The van der Waals surface area contributed by atoms with E-state index in [2.05, 4.69) is 15.3 Å². The Morgan fingerprint density at radius 3 is 2.28 bits per heavy atom. The molecule has 25 heavy (non-hydrogen) atoms. The number of aliphatic hydroxyl groups is 2.